The predicted molar refractivity (Wildman–Crippen MR) is 46.3 cm³/mol. The fourth-order valence-corrected chi connectivity index (χ4v) is 1.11. The standard InChI is InChI=1S/C9H8N2O2/c1-12-8-5-3-2-4-7(8)9-10-6-11-13-9/h2-6H,1H3. The summed E-state index contributed by atoms with van der Waals surface area (Å²) in [5.74, 6) is 1.20. The highest BCUT2D eigenvalue weighted by molar-refractivity contribution is 5.61. The Hall–Kier alpha value is -1.84. The van der Waals surface area contributed by atoms with Crippen molar-refractivity contribution >= 4 is 0 Å². The number of aromatic nitrogens is 2. The van der Waals surface area contributed by atoms with E-state index in [4.69, 9.17) is 9.26 Å². The van der Waals surface area contributed by atoms with Gasteiger partial charge in [0.2, 0.25) is 0 Å². The van der Waals surface area contributed by atoms with Gasteiger partial charge in [0.25, 0.3) is 5.89 Å². The van der Waals surface area contributed by atoms with Gasteiger partial charge in [-0.3, -0.25) is 0 Å². The summed E-state index contributed by atoms with van der Waals surface area (Å²) in [6.07, 6.45) is 1.36. The third kappa shape index (κ3) is 1.38. The van der Waals surface area contributed by atoms with Crippen molar-refractivity contribution in [2.24, 2.45) is 0 Å². The molecule has 0 aliphatic carbocycles. The van der Waals surface area contributed by atoms with Crippen LogP contribution in [0.3, 0.4) is 0 Å². The molecular weight excluding hydrogens is 168 g/mol. The molecule has 0 radical (unpaired) electrons. The molecule has 4 heteroatoms. The minimum absolute atomic E-state index is 0.470. The van der Waals surface area contributed by atoms with Gasteiger partial charge in [-0.1, -0.05) is 17.3 Å². The molecule has 0 aliphatic rings. The van der Waals surface area contributed by atoms with Crippen molar-refractivity contribution in [3.63, 3.8) is 0 Å². The van der Waals surface area contributed by atoms with Crippen molar-refractivity contribution < 1.29 is 9.26 Å². The van der Waals surface area contributed by atoms with Crippen LogP contribution in [0.15, 0.2) is 35.1 Å². The number of hydrogen-bond acceptors (Lipinski definition) is 4. The summed E-state index contributed by atoms with van der Waals surface area (Å²) in [6.45, 7) is 0. The Balaban J connectivity index is 2.51. The molecule has 0 atom stereocenters. The molecule has 0 fully saturated rings. The van der Waals surface area contributed by atoms with E-state index in [1.54, 1.807) is 7.11 Å². The fourth-order valence-electron chi connectivity index (χ4n) is 1.11. The average Bonchev–Trinajstić information content (AvgIpc) is 2.70. The Labute approximate surface area is 75.2 Å². The van der Waals surface area contributed by atoms with E-state index in [0.29, 0.717) is 5.89 Å². The second kappa shape index (κ2) is 3.26. The molecule has 0 unspecified atom stereocenters. The number of ether oxygens (including phenoxy) is 1. The molecule has 0 spiro atoms. The molecule has 1 heterocycles. The zero-order chi connectivity index (χ0) is 9.10. The normalized spacial score (nSPS) is 9.92. The molecule has 66 valence electrons. The van der Waals surface area contributed by atoms with E-state index in [0.717, 1.165) is 11.3 Å². The van der Waals surface area contributed by atoms with E-state index in [1.165, 1.54) is 6.33 Å². The third-order valence-corrected chi connectivity index (χ3v) is 1.70. The van der Waals surface area contributed by atoms with Gasteiger partial charge in [-0.15, -0.1) is 0 Å². The summed E-state index contributed by atoms with van der Waals surface area (Å²) < 4.78 is 10.1. The van der Waals surface area contributed by atoms with Crippen LogP contribution in [0.4, 0.5) is 0 Å². The summed E-state index contributed by atoms with van der Waals surface area (Å²) in [5, 5.41) is 3.53. The van der Waals surface area contributed by atoms with Crippen molar-refractivity contribution in [2.45, 2.75) is 0 Å². The van der Waals surface area contributed by atoms with Crippen molar-refractivity contribution in [3.8, 4) is 17.2 Å². The van der Waals surface area contributed by atoms with Crippen LogP contribution < -0.4 is 4.74 Å². The van der Waals surface area contributed by atoms with E-state index in [1.807, 2.05) is 24.3 Å². The highest BCUT2D eigenvalue weighted by Gasteiger charge is 2.08. The molecule has 0 saturated heterocycles. The monoisotopic (exact) mass is 176 g/mol. The molecule has 4 nitrogen and oxygen atoms in total. The zero-order valence-corrected chi connectivity index (χ0v) is 7.10. The maximum atomic E-state index is 5.14. The first kappa shape index (κ1) is 7.79. The summed E-state index contributed by atoms with van der Waals surface area (Å²) in [5.41, 5.74) is 0.808. The number of methoxy groups -OCH3 is 1. The van der Waals surface area contributed by atoms with Gasteiger partial charge in [-0.25, -0.2) is 0 Å². The van der Waals surface area contributed by atoms with Crippen molar-refractivity contribution in [1.82, 2.24) is 10.1 Å². The Kier molecular flexibility index (Phi) is 1.96. The number of nitrogens with zero attached hydrogens (tertiary/aromatic N) is 2. The fraction of sp³-hybridized carbons (Fsp3) is 0.111. The van der Waals surface area contributed by atoms with Gasteiger partial charge in [0.05, 0.1) is 12.7 Å². The highest BCUT2D eigenvalue weighted by atomic mass is 16.5. The van der Waals surface area contributed by atoms with Gasteiger partial charge in [0.1, 0.15) is 5.75 Å². The SMILES string of the molecule is COc1ccccc1-c1ncno1. The Morgan fingerprint density at radius 3 is 2.85 bits per heavy atom. The quantitative estimate of drug-likeness (QED) is 0.699. The molecule has 2 aromatic rings. The number of benzene rings is 1. The molecule has 1 aromatic carbocycles. The first-order valence-corrected chi connectivity index (χ1v) is 3.82. The van der Waals surface area contributed by atoms with Crippen LogP contribution in [0.25, 0.3) is 11.5 Å². The lowest BCUT2D eigenvalue weighted by atomic mass is 10.2. The summed E-state index contributed by atoms with van der Waals surface area (Å²) in [7, 11) is 1.61. The maximum Gasteiger partial charge on any atom is 0.261 e. The largest absolute Gasteiger partial charge is 0.496 e. The Morgan fingerprint density at radius 2 is 2.15 bits per heavy atom. The summed E-state index contributed by atoms with van der Waals surface area (Å²) in [4.78, 5) is 3.94. The van der Waals surface area contributed by atoms with Crippen LogP contribution in [0.1, 0.15) is 0 Å². The highest BCUT2D eigenvalue weighted by Crippen LogP contribution is 2.26. The number of hydrogen-bond donors (Lipinski definition) is 0. The molecule has 2 rings (SSSR count). The van der Waals surface area contributed by atoms with Crippen LogP contribution in [0, 0.1) is 0 Å². The van der Waals surface area contributed by atoms with Crippen LogP contribution in [0.2, 0.25) is 0 Å². The molecule has 1 aromatic heterocycles. The van der Waals surface area contributed by atoms with Crippen LogP contribution >= 0.6 is 0 Å². The first-order chi connectivity index (χ1) is 6.42. The van der Waals surface area contributed by atoms with Crippen molar-refractivity contribution in [2.75, 3.05) is 7.11 Å². The van der Waals surface area contributed by atoms with E-state index >= 15 is 0 Å². The predicted octanol–water partition coefficient (Wildman–Crippen LogP) is 1.75. The second-order valence-electron chi connectivity index (χ2n) is 2.45. The van der Waals surface area contributed by atoms with E-state index in [9.17, 15) is 0 Å². The van der Waals surface area contributed by atoms with Crippen LogP contribution in [0.5, 0.6) is 5.75 Å². The molecule has 13 heavy (non-hydrogen) atoms. The Morgan fingerprint density at radius 1 is 1.31 bits per heavy atom. The lowest BCUT2D eigenvalue weighted by Crippen LogP contribution is -1.86. The van der Waals surface area contributed by atoms with Gasteiger partial charge < -0.3 is 9.26 Å². The van der Waals surface area contributed by atoms with Gasteiger partial charge >= 0.3 is 0 Å². The first-order valence-electron chi connectivity index (χ1n) is 3.82. The second-order valence-corrected chi connectivity index (χ2v) is 2.45. The summed E-state index contributed by atoms with van der Waals surface area (Å²) >= 11 is 0. The lowest BCUT2D eigenvalue weighted by molar-refractivity contribution is 0.405. The molecule has 0 saturated carbocycles. The van der Waals surface area contributed by atoms with Crippen LogP contribution in [-0.4, -0.2) is 17.3 Å². The minimum atomic E-state index is 0.470. The van der Waals surface area contributed by atoms with Gasteiger partial charge in [-0.2, -0.15) is 4.98 Å². The summed E-state index contributed by atoms with van der Waals surface area (Å²) in [6, 6.07) is 7.49. The van der Waals surface area contributed by atoms with E-state index < -0.39 is 0 Å². The topological polar surface area (TPSA) is 48.2 Å². The van der Waals surface area contributed by atoms with Crippen molar-refractivity contribution in [1.29, 1.82) is 0 Å². The molecule has 0 amide bonds. The molecule has 0 bridgehead atoms. The molecule has 0 N–H and O–H groups in total. The van der Waals surface area contributed by atoms with Gasteiger partial charge in [0.15, 0.2) is 6.33 Å². The van der Waals surface area contributed by atoms with Crippen molar-refractivity contribution in [3.05, 3.63) is 30.6 Å². The number of rotatable bonds is 2. The maximum absolute atomic E-state index is 5.14. The smallest absolute Gasteiger partial charge is 0.261 e. The van der Waals surface area contributed by atoms with Gasteiger partial charge in [-0.05, 0) is 12.1 Å². The average molecular weight is 176 g/mol. The lowest BCUT2D eigenvalue weighted by Gasteiger charge is -2.02. The third-order valence-electron chi connectivity index (χ3n) is 1.70. The molecule has 0 aliphatic heterocycles. The number of para-hydroxylation sites is 1. The van der Waals surface area contributed by atoms with E-state index in [-0.39, 0.29) is 0 Å². The minimum Gasteiger partial charge on any atom is -0.496 e. The zero-order valence-electron chi connectivity index (χ0n) is 7.10. The van der Waals surface area contributed by atoms with E-state index in [2.05, 4.69) is 10.1 Å². The Bertz CT molecular complexity index is 384. The molecular formula is C9H8N2O2. The van der Waals surface area contributed by atoms with Crippen LogP contribution in [-0.2, 0) is 0 Å². The van der Waals surface area contributed by atoms with Gasteiger partial charge in [0, 0.05) is 0 Å².